The molecule has 0 amide bonds. The van der Waals surface area contributed by atoms with Gasteiger partial charge in [-0.25, -0.2) is 0 Å². The van der Waals surface area contributed by atoms with Gasteiger partial charge in [0.05, 0.1) is 0 Å². The standard InChI is InChI=1S/C14H12ClNO3S/c15-9-3-1-2-8(6-9)11-4-5-12(19-11)13-16-10(7-20-13)14(17)18/h1-6,10,13,16H,7H2,(H,17,18)/t10-,13-/m1/s1. The van der Waals surface area contributed by atoms with Crippen LogP contribution in [0.2, 0.25) is 5.02 Å². The van der Waals surface area contributed by atoms with Gasteiger partial charge in [0.2, 0.25) is 0 Å². The zero-order valence-corrected chi connectivity index (χ0v) is 11.9. The summed E-state index contributed by atoms with van der Waals surface area (Å²) >= 11 is 7.49. The average Bonchev–Trinajstić information content (AvgIpc) is 3.08. The van der Waals surface area contributed by atoms with Gasteiger partial charge in [-0.3, -0.25) is 10.1 Å². The first kappa shape index (κ1) is 13.5. The van der Waals surface area contributed by atoms with E-state index in [1.807, 2.05) is 30.3 Å². The number of carboxylic acids is 1. The molecule has 4 nitrogen and oxygen atoms in total. The second-order valence-corrected chi connectivity index (χ2v) is 6.06. The van der Waals surface area contributed by atoms with Crippen molar-refractivity contribution >= 4 is 29.3 Å². The maximum atomic E-state index is 10.9. The van der Waals surface area contributed by atoms with E-state index in [9.17, 15) is 4.79 Å². The van der Waals surface area contributed by atoms with Gasteiger partial charge in [-0.2, -0.15) is 0 Å². The molecular weight excluding hydrogens is 298 g/mol. The van der Waals surface area contributed by atoms with Crippen LogP contribution in [0.3, 0.4) is 0 Å². The summed E-state index contributed by atoms with van der Waals surface area (Å²) in [5.74, 6) is 1.16. The Morgan fingerprint density at radius 1 is 1.40 bits per heavy atom. The van der Waals surface area contributed by atoms with Crippen LogP contribution >= 0.6 is 23.4 Å². The average molecular weight is 310 g/mol. The van der Waals surface area contributed by atoms with Gasteiger partial charge in [0.25, 0.3) is 0 Å². The molecular formula is C14H12ClNO3S. The normalized spacial score (nSPS) is 22.1. The molecule has 1 aliphatic heterocycles. The first-order valence-electron chi connectivity index (χ1n) is 6.09. The fraction of sp³-hybridized carbons (Fsp3) is 0.214. The third kappa shape index (κ3) is 2.70. The van der Waals surface area contributed by atoms with Crippen molar-refractivity contribution in [2.45, 2.75) is 11.4 Å². The minimum atomic E-state index is -0.832. The lowest BCUT2D eigenvalue weighted by Gasteiger charge is -2.07. The topological polar surface area (TPSA) is 62.5 Å². The monoisotopic (exact) mass is 309 g/mol. The second kappa shape index (κ2) is 5.52. The molecule has 1 saturated heterocycles. The molecule has 2 atom stereocenters. The summed E-state index contributed by atoms with van der Waals surface area (Å²) in [4.78, 5) is 10.9. The van der Waals surface area contributed by atoms with Crippen molar-refractivity contribution < 1.29 is 14.3 Å². The van der Waals surface area contributed by atoms with Crippen molar-refractivity contribution in [2.24, 2.45) is 0 Å². The summed E-state index contributed by atoms with van der Waals surface area (Å²) in [6, 6.07) is 10.6. The lowest BCUT2D eigenvalue weighted by Crippen LogP contribution is -2.33. The minimum Gasteiger partial charge on any atom is -0.480 e. The Morgan fingerprint density at radius 3 is 2.95 bits per heavy atom. The number of benzene rings is 1. The van der Waals surface area contributed by atoms with Crippen LogP contribution in [0.15, 0.2) is 40.8 Å². The fourth-order valence-electron chi connectivity index (χ4n) is 2.07. The van der Waals surface area contributed by atoms with Gasteiger partial charge in [0.1, 0.15) is 22.9 Å². The molecule has 1 aromatic carbocycles. The highest BCUT2D eigenvalue weighted by Crippen LogP contribution is 2.36. The SMILES string of the molecule is O=C(O)[C@H]1CS[C@H](c2ccc(-c3cccc(Cl)c3)o2)N1. The van der Waals surface area contributed by atoms with E-state index in [0.29, 0.717) is 10.8 Å². The van der Waals surface area contributed by atoms with E-state index in [4.69, 9.17) is 21.1 Å². The van der Waals surface area contributed by atoms with Gasteiger partial charge >= 0.3 is 5.97 Å². The molecule has 0 spiro atoms. The summed E-state index contributed by atoms with van der Waals surface area (Å²) in [6.07, 6.45) is 0. The first-order valence-corrected chi connectivity index (χ1v) is 7.52. The molecule has 104 valence electrons. The highest BCUT2D eigenvalue weighted by molar-refractivity contribution is 7.99. The molecule has 6 heteroatoms. The lowest BCUT2D eigenvalue weighted by atomic mass is 10.2. The minimum absolute atomic E-state index is 0.121. The summed E-state index contributed by atoms with van der Waals surface area (Å²) in [5.41, 5.74) is 0.904. The summed E-state index contributed by atoms with van der Waals surface area (Å²) < 4.78 is 5.80. The number of hydrogen-bond acceptors (Lipinski definition) is 4. The lowest BCUT2D eigenvalue weighted by molar-refractivity contribution is -0.138. The van der Waals surface area contributed by atoms with Crippen molar-refractivity contribution in [1.29, 1.82) is 0 Å². The van der Waals surface area contributed by atoms with Crippen molar-refractivity contribution in [1.82, 2.24) is 5.32 Å². The molecule has 0 aliphatic carbocycles. The van der Waals surface area contributed by atoms with Crippen LogP contribution in [0.4, 0.5) is 0 Å². The number of hydrogen-bond donors (Lipinski definition) is 2. The number of carbonyl (C=O) groups is 1. The number of rotatable bonds is 3. The van der Waals surface area contributed by atoms with Gasteiger partial charge < -0.3 is 9.52 Å². The summed E-state index contributed by atoms with van der Waals surface area (Å²) in [6.45, 7) is 0. The molecule has 0 unspecified atom stereocenters. The van der Waals surface area contributed by atoms with E-state index in [1.165, 1.54) is 11.8 Å². The van der Waals surface area contributed by atoms with E-state index in [1.54, 1.807) is 6.07 Å². The van der Waals surface area contributed by atoms with Crippen LogP contribution in [-0.2, 0) is 4.79 Å². The van der Waals surface area contributed by atoms with Crippen molar-refractivity contribution in [3.63, 3.8) is 0 Å². The Bertz CT molecular complexity index is 643. The van der Waals surface area contributed by atoms with E-state index in [-0.39, 0.29) is 5.37 Å². The van der Waals surface area contributed by atoms with Gasteiger partial charge in [0.15, 0.2) is 0 Å². The Labute approximate surface area is 125 Å². The Hall–Kier alpha value is -1.43. The molecule has 1 aliphatic rings. The largest absolute Gasteiger partial charge is 0.480 e. The molecule has 0 radical (unpaired) electrons. The van der Waals surface area contributed by atoms with Gasteiger partial charge in [-0.05, 0) is 24.3 Å². The predicted molar refractivity (Wildman–Crippen MR) is 78.9 cm³/mol. The number of aliphatic carboxylic acids is 1. The van der Waals surface area contributed by atoms with E-state index in [0.717, 1.165) is 17.1 Å². The van der Waals surface area contributed by atoms with Crippen LogP contribution in [0.1, 0.15) is 11.1 Å². The summed E-state index contributed by atoms with van der Waals surface area (Å²) in [7, 11) is 0. The maximum absolute atomic E-state index is 10.9. The molecule has 2 N–H and O–H groups in total. The van der Waals surface area contributed by atoms with Crippen molar-refractivity contribution in [3.05, 3.63) is 47.2 Å². The van der Waals surface area contributed by atoms with Crippen LogP contribution < -0.4 is 5.32 Å². The zero-order chi connectivity index (χ0) is 14.1. The van der Waals surface area contributed by atoms with E-state index in [2.05, 4.69) is 5.32 Å². The Kier molecular flexibility index (Phi) is 3.74. The Morgan fingerprint density at radius 2 is 2.25 bits per heavy atom. The zero-order valence-electron chi connectivity index (χ0n) is 10.4. The molecule has 0 bridgehead atoms. The highest BCUT2D eigenvalue weighted by Gasteiger charge is 2.32. The maximum Gasteiger partial charge on any atom is 0.321 e. The molecule has 1 aromatic heterocycles. The van der Waals surface area contributed by atoms with Crippen LogP contribution in [0.25, 0.3) is 11.3 Å². The van der Waals surface area contributed by atoms with Gasteiger partial charge in [-0.1, -0.05) is 23.7 Å². The number of nitrogens with one attached hydrogen (secondary N) is 1. The number of halogens is 1. The Balaban J connectivity index is 1.79. The van der Waals surface area contributed by atoms with Crippen LogP contribution in [-0.4, -0.2) is 22.9 Å². The quantitative estimate of drug-likeness (QED) is 0.910. The third-order valence-electron chi connectivity index (χ3n) is 3.07. The number of furan rings is 1. The van der Waals surface area contributed by atoms with Crippen LogP contribution in [0, 0.1) is 0 Å². The number of thioether (sulfide) groups is 1. The highest BCUT2D eigenvalue weighted by atomic mass is 35.5. The fourth-order valence-corrected chi connectivity index (χ4v) is 3.43. The van der Waals surface area contributed by atoms with E-state index < -0.39 is 12.0 Å². The van der Waals surface area contributed by atoms with Crippen molar-refractivity contribution in [3.8, 4) is 11.3 Å². The van der Waals surface area contributed by atoms with Gasteiger partial charge in [0, 0.05) is 16.3 Å². The molecule has 0 saturated carbocycles. The molecule has 2 heterocycles. The van der Waals surface area contributed by atoms with Gasteiger partial charge in [-0.15, -0.1) is 11.8 Å². The van der Waals surface area contributed by atoms with E-state index >= 15 is 0 Å². The second-order valence-electron chi connectivity index (χ2n) is 4.48. The molecule has 3 rings (SSSR count). The van der Waals surface area contributed by atoms with Crippen molar-refractivity contribution in [2.75, 3.05) is 5.75 Å². The predicted octanol–water partition coefficient (Wildman–Crippen LogP) is 3.39. The third-order valence-corrected chi connectivity index (χ3v) is 4.54. The summed E-state index contributed by atoms with van der Waals surface area (Å²) in [5, 5.41) is 12.5. The molecule has 20 heavy (non-hydrogen) atoms. The smallest absolute Gasteiger partial charge is 0.321 e. The number of carboxylic acid groups (broad SMARTS) is 1. The van der Waals surface area contributed by atoms with Crippen LogP contribution in [0.5, 0.6) is 0 Å². The molecule has 1 fully saturated rings. The first-order chi connectivity index (χ1) is 9.63. The molecule has 2 aromatic rings.